The topological polar surface area (TPSA) is 90.0 Å². The number of H-pyrrole nitrogens is 1. The first-order valence-corrected chi connectivity index (χ1v) is 16.4. The van der Waals surface area contributed by atoms with Gasteiger partial charge in [-0.3, -0.25) is 5.10 Å². The Morgan fingerprint density at radius 3 is 2.17 bits per heavy atom. The van der Waals surface area contributed by atoms with E-state index in [2.05, 4.69) is 19.8 Å². The zero-order valence-electron chi connectivity index (χ0n) is 24.8. The predicted octanol–water partition coefficient (Wildman–Crippen LogP) is 6.91. The molecule has 3 aliphatic rings. The van der Waals surface area contributed by atoms with Crippen molar-refractivity contribution in [3.63, 3.8) is 0 Å². The number of alkyl halides is 2. The van der Waals surface area contributed by atoms with Crippen molar-refractivity contribution in [2.45, 2.75) is 72.1 Å². The predicted molar refractivity (Wildman–Crippen MR) is 165 cm³/mol. The molecule has 8 nitrogen and oxygen atoms in total. The average molecular weight is 588 g/mol. The lowest BCUT2D eigenvalue weighted by atomic mass is 9.93. The van der Waals surface area contributed by atoms with Crippen molar-refractivity contribution in [1.82, 2.24) is 20.2 Å². The normalized spacial score (nSPS) is 19.4. The zero-order chi connectivity index (χ0) is 29.6. The fraction of sp³-hybridized carbons (Fsp3) is 0.567. The van der Waals surface area contributed by atoms with Gasteiger partial charge in [0.05, 0.1) is 0 Å². The molecule has 1 aromatic carbocycles. The molecule has 1 spiro atoms. The van der Waals surface area contributed by atoms with Crippen LogP contribution >= 0.6 is 0 Å². The molecule has 2 N–H and O–H groups in total. The van der Waals surface area contributed by atoms with Crippen LogP contribution in [0.25, 0.3) is 22.9 Å². The minimum Gasteiger partial charge on any atom is -0.371 e. The van der Waals surface area contributed by atoms with Crippen molar-refractivity contribution < 1.29 is 13.0 Å². The minimum absolute atomic E-state index is 0.164. The van der Waals surface area contributed by atoms with E-state index >= 15 is 0 Å². The van der Waals surface area contributed by atoms with Gasteiger partial charge in [-0.05, 0) is 61.4 Å². The van der Waals surface area contributed by atoms with Gasteiger partial charge in [0.1, 0.15) is 22.5 Å². The number of aromatic amines is 1. The largest absolute Gasteiger partial charge is 0.371 e. The molecule has 2 aliphatic heterocycles. The Balaban J connectivity index is 0.000000929. The molecule has 0 amide bonds. The van der Waals surface area contributed by atoms with Gasteiger partial charge in [0.15, 0.2) is 11.6 Å². The van der Waals surface area contributed by atoms with Crippen molar-refractivity contribution in [2.24, 2.45) is 5.41 Å². The van der Waals surface area contributed by atoms with Gasteiger partial charge in [-0.1, -0.05) is 33.8 Å². The molecular weight excluding hydrogens is 544 g/mol. The molecule has 41 heavy (non-hydrogen) atoms. The number of pyridine rings is 1. The highest BCUT2D eigenvalue weighted by atomic mass is 32.2. The van der Waals surface area contributed by atoms with Crippen molar-refractivity contribution >= 4 is 28.2 Å². The smallest absolute Gasteiger partial charge is 0.251 e. The van der Waals surface area contributed by atoms with Crippen LogP contribution in [-0.4, -0.2) is 62.7 Å². The Morgan fingerprint density at radius 2 is 1.54 bits per heavy atom. The fourth-order valence-electron chi connectivity index (χ4n) is 5.40. The third-order valence-electron chi connectivity index (χ3n) is 7.90. The van der Waals surface area contributed by atoms with E-state index in [-0.39, 0.29) is 25.9 Å². The van der Waals surface area contributed by atoms with Crippen LogP contribution in [0.2, 0.25) is 0 Å². The summed E-state index contributed by atoms with van der Waals surface area (Å²) in [6.07, 6.45) is 6.32. The summed E-state index contributed by atoms with van der Waals surface area (Å²) in [7, 11) is -1.17. The summed E-state index contributed by atoms with van der Waals surface area (Å²) in [4.78, 5) is 13.7. The Bertz CT molecular complexity index is 1310. The quantitative estimate of drug-likeness (QED) is 0.326. The molecule has 11 heteroatoms. The van der Waals surface area contributed by atoms with Gasteiger partial charge in [-0.15, -0.1) is 0 Å². The molecule has 6 rings (SSSR count). The highest BCUT2D eigenvalue weighted by Crippen LogP contribution is 2.54. The standard InChI is InChI=1S/C26H31F2N7OS.2C2H6/c1-37(36)33-18-5-6-19(21(17-18)34-13-9-25(7-8-25)10-14-34)23-30-24(32-31-23)20-3-2-4-22(29-20)35-15-11-26(27,28)12-16-35;2*1-2/h2-6,17,33H,7-16H2,1H3,(H,30,31,32);2*1-2H3. The lowest BCUT2D eigenvalue weighted by Gasteiger charge is -2.35. The van der Waals surface area contributed by atoms with Gasteiger partial charge < -0.3 is 14.5 Å². The fourth-order valence-corrected chi connectivity index (χ4v) is 5.86. The first kappa shape index (κ1) is 30.9. The van der Waals surface area contributed by atoms with Gasteiger partial charge in [0, 0.05) is 62.2 Å². The highest BCUT2D eigenvalue weighted by Gasteiger charge is 2.44. The van der Waals surface area contributed by atoms with Crippen LogP contribution in [0.15, 0.2) is 36.4 Å². The third-order valence-corrected chi connectivity index (χ3v) is 8.43. The Labute approximate surface area is 244 Å². The van der Waals surface area contributed by atoms with E-state index in [4.69, 9.17) is 9.97 Å². The van der Waals surface area contributed by atoms with E-state index in [0.29, 0.717) is 28.6 Å². The second-order valence-electron chi connectivity index (χ2n) is 10.5. The number of piperidine rings is 2. The van der Waals surface area contributed by atoms with Gasteiger partial charge >= 0.3 is 0 Å². The Morgan fingerprint density at radius 1 is 0.878 bits per heavy atom. The maximum absolute atomic E-state index is 13.6. The van der Waals surface area contributed by atoms with Gasteiger partial charge in [-0.25, -0.2) is 23.0 Å². The molecule has 224 valence electrons. The molecule has 3 aromatic rings. The summed E-state index contributed by atoms with van der Waals surface area (Å²) in [5, 5.41) is 7.53. The third kappa shape index (κ3) is 7.42. The van der Waals surface area contributed by atoms with E-state index in [1.165, 1.54) is 25.7 Å². The van der Waals surface area contributed by atoms with Crippen LogP contribution in [0.4, 0.5) is 26.0 Å². The number of hydrogen-bond acceptors (Lipinski definition) is 6. The SMILES string of the molecule is CC.CC.CS(=O)Nc1ccc(-c2n[nH]c(-c3cccc(N4CCC(F)(F)CC4)n3)n2)c(N2CCC3(CC2)CC3)c1. The highest BCUT2D eigenvalue weighted by molar-refractivity contribution is 7.85. The maximum Gasteiger partial charge on any atom is 0.251 e. The van der Waals surface area contributed by atoms with E-state index in [9.17, 15) is 13.0 Å². The first-order chi connectivity index (χ1) is 19.8. The van der Waals surface area contributed by atoms with Crippen LogP contribution in [0, 0.1) is 5.41 Å². The number of rotatable bonds is 6. The summed E-state index contributed by atoms with van der Waals surface area (Å²) in [5.74, 6) is -0.850. The molecule has 1 atom stereocenters. The number of aromatic nitrogens is 4. The summed E-state index contributed by atoms with van der Waals surface area (Å²) < 4.78 is 42.0. The van der Waals surface area contributed by atoms with E-state index in [1.807, 2.05) is 69.0 Å². The van der Waals surface area contributed by atoms with Crippen LogP contribution in [0.5, 0.6) is 0 Å². The lowest BCUT2D eigenvalue weighted by molar-refractivity contribution is -0.0221. The van der Waals surface area contributed by atoms with Crippen LogP contribution in [0.3, 0.4) is 0 Å². The number of nitrogens with zero attached hydrogens (tertiary/aromatic N) is 5. The molecule has 1 saturated carbocycles. The Hall–Kier alpha value is -3.08. The Kier molecular flexibility index (Phi) is 9.99. The van der Waals surface area contributed by atoms with Gasteiger partial charge in [0.2, 0.25) is 0 Å². The summed E-state index contributed by atoms with van der Waals surface area (Å²) in [5.41, 5.74) is 3.88. The number of benzene rings is 1. The van der Waals surface area contributed by atoms with Crippen molar-refractivity contribution in [1.29, 1.82) is 0 Å². The molecule has 3 fully saturated rings. The molecule has 4 heterocycles. The number of halogens is 2. The van der Waals surface area contributed by atoms with Crippen LogP contribution < -0.4 is 14.5 Å². The summed E-state index contributed by atoms with van der Waals surface area (Å²) >= 11 is 0. The summed E-state index contributed by atoms with van der Waals surface area (Å²) in [6.45, 7) is 10.5. The maximum atomic E-state index is 13.6. The van der Waals surface area contributed by atoms with E-state index in [0.717, 1.165) is 30.0 Å². The molecule has 2 saturated heterocycles. The van der Waals surface area contributed by atoms with Crippen molar-refractivity contribution in [2.75, 3.05) is 47.0 Å². The lowest BCUT2D eigenvalue weighted by Crippen LogP contribution is -2.39. The monoisotopic (exact) mass is 587 g/mol. The zero-order valence-corrected chi connectivity index (χ0v) is 25.7. The van der Waals surface area contributed by atoms with Crippen LogP contribution in [0.1, 0.15) is 66.2 Å². The molecule has 1 unspecified atom stereocenters. The number of nitrogens with one attached hydrogen (secondary N) is 2. The van der Waals surface area contributed by atoms with E-state index in [1.54, 1.807) is 6.26 Å². The number of hydrogen-bond donors (Lipinski definition) is 2. The second kappa shape index (κ2) is 13.3. The number of anilines is 3. The van der Waals surface area contributed by atoms with Crippen molar-refractivity contribution in [3.8, 4) is 22.9 Å². The van der Waals surface area contributed by atoms with Crippen LogP contribution in [-0.2, 0) is 11.0 Å². The van der Waals surface area contributed by atoms with Gasteiger partial charge in [-0.2, -0.15) is 5.10 Å². The van der Waals surface area contributed by atoms with E-state index < -0.39 is 16.9 Å². The molecule has 0 radical (unpaired) electrons. The van der Waals surface area contributed by atoms with Gasteiger partial charge in [0.25, 0.3) is 5.92 Å². The molecule has 0 bridgehead atoms. The molecule has 2 aromatic heterocycles. The summed E-state index contributed by atoms with van der Waals surface area (Å²) in [6, 6.07) is 11.4. The molecular formula is C30H43F2N7OS. The molecule has 1 aliphatic carbocycles. The average Bonchev–Trinajstić information content (AvgIpc) is 3.55. The second-order valence-corrected chi connectivity index (χ2v) is 11.6. The van der Waals surface area contributed by atoms with Crippen molar-refractivity contribution in [3.05, 3.63) is 36.4 Å². The first-order valence-electron chi connectivity index (χ1n) is 14.8. The minimum atomic E-state index is -2.60.